The van der Waals surface area contributed by atoms with Crippen LogP contribution in [-0.4, -0.2) is 26.6 Å². The van der Waals surface area contributed by atoms with Crippen LogP contribution in [0.5, 0.6) is 0 Å². The minimum Gasteiger partial charge on any atom is -0.366 e. The molecule has 3 N–H and O–H groups in total. The first kappa shape index (κ1) is 19.1. The Morgan fingerprint density at radius 3 is 2.29 bits per heavy atom. The van der Waals surface area contributed by atoms with Gasteiger partial charge in [0.05, 0.1) is 23.0 Å². The van der Waals surface area contributed by atoms with Gasteiger partial charge in [-0.15, -0.1) is 0 Å². The number of pyridine rings is 1. The molecule has 0 radical (unpaired) electrons. The highest BCUT2D eigenvalue weighted by Crippen LogP contribution is 2.28. The second-order valence-electron chi connectivity index (χ2n) is 5.85. The van der Waals surface area contributed by atoms with Crippen LogP contribution in [0.3, 0.4) is 0 Å². The zero-order valence-corrected chi connectivity index (χ0v) is 14.5. The number of nitrogens with one attached hydrogen (secondary N) is 1. The van der Waals surface area contributed by atoms with E-state index < -0.39 is 23.6 Å². The Kier molecular flexibility index (Phi) is 4.87. The Morgan fingerprint density at radius 2 is 1.75 bits per heavy atom. The molecule has 2 amide bonds. The van der Waals surface area contributed by atoms with Crippen LogP contribution in [0.15, 0.2) is 48.8 Å². The average molecular weight is 389 g/mol. The lowest BCUT2D eigenvalue weighted by molar-refractivity contribution is -0.137. The van der Waals surface area contributed by atoms with Crippen molar-refractivity contribution in [3.63, 3.8) is 0 Å². The predicted molar refractivity (Wildman–Crippen MR) is 94.0 cm³/mol. The highest BCUT2D eigenvalue weighted by Gasteiger charge is 2.30. The fourth-order valence-electron chi connectivity index (χ4n) is 2.46. The molecule has 0 saturated heterocycles. The Balaban J connectivity index is 1.80. The molecule has 1 aromatic carbocycles. The van der Waals surface area contributed by atoms with Crippen molar-refractivity contribution < 1.29 is 22.8 Å². The van der Waals surface area contributed by atoms with Crippen molar-refractivity contribution in [3.05, 3.63) is 71.2 Å². The van der Waals surface area contributed by atoms with E-state index in [0.29, 0.717) is 23.1 Å². The van der Waals surface area contributed by atoms with Gasteiger partial charge in [-0.1, -0.05) is 0 Å². The Hall–Kier alpha value is -3.69. The molecule has 2 heterocycles. The molecule has 0 spiro atoms. The van der Waals surface area contributed by atoms with Crippen LogP contribution < -0.4 is 11.1 Å². The van der Waals surface area contributed by atoms with Gasteiger partial charge in [-0.2, -0.15) is 18.3 Å². The van der Waals surface area contributed by atoms with E-state index in [1.807, 2.05) is 0 Å². The number of anilines is 1. The highest BCUT2D eigenvalue weighted by molar-refractivity contribution is 6.05. The summed E-state index contributed by atoms with van der Waals surface area (Å²) < 4.78 is 39.2. The Morgan fingerprint density at radius 1 is 1.07 bits per heavy atom. The first-order valence-corrected chi connectivity index (χ1v) is 7.96. The van der Waals surface area contributed by atoms with Crippen LogP contribution in [0, 0.1) is 6.92 Å². The van der Waals surface area contributed by atoms with E-state index in [0.717, 1.165) is 6.07 Å². The molecule has 0 saturated carbocycles. The molecular weight excluding hydrogens is 375 g/mol. The lowest BCUT2D eigenvalue weighted by Crippen LogP contribution is -2.14. The van der Waals surface area contributed by atoms with E-state index in [4.69, 9.17) is 5.73 Å². The summed E-state index contributed by atoms with van der Waals surface area (Å²) in [5, 5.41) is 6.67. The number of primary amides is 1. The van der Waals surface area contributed by atoms with Gasteiger partial charge in [0.1, 0.15) is 0 Å². The number of alkyl halides is 3. The van der Waals surface area contributed by atoms with Gasteiger partial charge in [-0.3, -0.25) is 9.59 Å². The molecule has 3 rings (SSSR count). The number of halogens is 3. The molecule has 7 nitrogen and oxygen atoms in total. The summed E-state index contributed by atoms with van der Waals surface area (Å²) in [7, 11) is 0. The molecule has 0 bridgehead atoms. The number of benzene rings is 1. The van der Waals surface area contributed by atoms with Crippen molar-refractivity contribution in [2.75, 3.05) is 5.32 Å². The number of nitrogens with two attached hydrogens (primary N) is 1. The quantitative estimate of drug-likeness (QED) is 0.716. The number of aromatic nitrogens is 3. The van der Waals surface area contributed by atoms with E-state index in [9.17, 15) is 22.8 Å². The summed E-state index contributed by atoms with van der Waals surface area (Å²) in [4.78, 5) is 27.3. The number of carbonyl (C=O) groups is 2. The highest BCUT2D eigenvalue weighted by atomic mass is 19.4. The average Bonchev–Trinajstić information content (AvgIpc) is 3.03. The van der Waals surface area contributed by atoms with E-state index in [2.05, 4.69) is 15.4 Å². The molecule has 2 aromatic heterocycles. The van der Waals surface area contributed by atoms with Crippen molar-refractivity contribution >= 4 is 17.5 Å². The zero-order valence-electron chi connectivity index (χ0n) is 14.5. The zero-order chi connectivity index (χ0) is 20.5. The van der Waals surface area contributed by atoms with Crippen molar-refractivity contribution in [2.45, 2.75) is 13.1 Å². The summed E-state index contributed by atoms with van der Waals surface area (Å²) in [6.45, 7) is 1.59. The third kappa shape index (κ3) is 3.85. The molecular formula is C18H14F3N5O2. The number of hydrogen-bond acceptors (Lipinski definition) is 4. The fourth-order valence-corrected chi connectivity index (χ4v) is 2.46. The molecule has 0 aliphatic rings. The maximum Gasteiger partial charge on any atom is 0.417 e. The summed E-state index contributed by atoms with van der Waals surface area (Å²) >= 11 is 0. The van der Waals surface area contributed by atoms with E-state index in [-0.39, 0.29) is 11.4 Å². The van der Waals surface area contributed by atoms with Crippen LogP contribution in [0.4, 0.5) is 18.9 Å². The van der Waals surface area contributed by atoms with Crippen molar-refractivity contribution in [2.24, 2.45) is 5.73 Å². The lowest BCUT2D eigenvalue weighted by atomic mass is 10.2. The molecule has 10 heteroatoms. The van der Waals surface area contributed by atoms with Gasteiger partial charge in [0.25, 0.3) is 5.91 Å². The third-order valence-corrected chi connectivity index (χ3v) is 3.97. The Bertz CT molecular complexity index is 1020. The summed E-state index contributed by atoms with van der Waals surface area (Å²) in [5.74, 6) is -0.906. The summed E-state index contributed by atoms with van der Waals surface area (Å²) in [6, 6.07) is 8.06. The van der Waals surface area contributed by atoms with Crippen LogP contribution in [0.2, 0.25) is 0 Å². The predicted octanol–water partition coefficient (Wildman–Crippen LogP) is 2.95. The number of rotatable bonds is 4. The van der Waals surface area contributed by atoms with Crippen LogP contribution >= 0.6 is 0 Å². The minimum absolute atomic E-state index is 0.148. The van der Waals surface area contributed by atoms with Crippen molar-refractivity contribution in [1.29, 1.82) is 0 Å². The first-order chi connectivity index (χ1) is 13.2. The number of carbonyl (C=O) groups excluding carboxylic acids is 2. The SMILES string of the molecule is Cc1c(C(=O)Nc2ccc(C(N)=O)cc2)cnn1-c1ccc(C(F)(F)F)cn1. The number of nitrogens with zero attached hydrogens (tertiary/aromatic N) is 3. The molecule has 0 fully saturated rings. The van der Waals surface area contributed by atoms with Crippen molar-refractivity contribution in [1.82, 2.24) is 14.8 Å². The van der Waals surface area contributed by atoms with Gasteiger partial charge in [-0.25, -0.2) is 9.67 Å². The molecule has 0 aliphatic carbocycles. The van der Waals surface area contributed by atoms with Gasteiger partial charge in [0.2, 0.25) is 5.91 Å². The molecule has 3 aromatic rings. The van der Waals surface area contributed by atoms with Crippen LogP contribution in [0.25, 0.3) is 5.82 Å². The molecule has 0 atom stereocenters. The third-order valence-electron chi connectivity index (χ3n) is 3.97. The maximum absolute atomic E-state index is 12.6. The summed E-state index contributed by atoms with van der Waals surface area (Å²) in [6.07, 6.45) is -2.49. The molecule has 144 valence electrons. The van der Waals surface area contributed by atoms with Crippen LogP contribution in [-0.2, 0) is 6.18 Å². The maximum atomic E-state index is 12.6. The number of hydrogen-bond donors (Lipinski definition) is 2. The minimum atomic E-state index is -4.49. The van der Waals surface area contributed by atoms with E-state index >= 15 is 0 Å². The molecule has 0 unspecified atom stereocenters. The van der Waals surface area contributed by atoms with E-state index in [1.165, 1.54) is 41.2 Å². The van der Waals surface area contributed by atoms with Crippen LogP contribution in [0.1, 0.15) is 32.0 Å². The fraction of sp³-hybridized carbons (Fsp3) is 0.111. The standard InChI is InChI=1S/C18H14F3N5O2/c1-10-14(17(28)25-13-5-2-11(3-6-13)16(22)27)9-24-26(10)15-7-4-12(8-23-15)18(19,20)21/h2-9H,1H3,(H2,22,27)(H,25,28). The molecule has 28 heavy (non-hydrogen) atoms. The van der Waals surface area contributed by atoms with Gasteiger partial charge in [0, 0.05) is 17.4 Å². The summed E-state index contributed by atoms with van der Waals surface area (Å²) in [5.41, 5.74) is 5.65. The largest absolute Gasteiger partial charge is 0.417 e. The van der Waals surface area contributed by atoms with Crippen molar-refractivity contribution in [3.8, 4) is 5.82 Å². The normalized spacial score (nSPS) is 11.3. The van der Waals surface area contributed by atoms with E-state index in [1.54, 1.807) is 6.92 Å². The van der Waals surface area contributed by atoms with Gasteiger partial charge in [0.15, 0.2) is 5.82 Å². The second-order valence-corrected chi connectivity index (χ2v) is 5.85. The van der Waals surface area contributed by atoms with Gasteiger partial charge in [-0.05, 0) is 43.3 Å². The second kappa shape index (κ2) is 7.14. The Labute approximate surface area is 157 Å². The molecule has 0 aliphatic heterocycles. The lowest BCUT2D eigenvalue weighted by Gasteiger charge is -2.08. The number of amides is 2. The first-order valence-electron chi connectivity index (χ1n) is 7.96. The smallest absolute Gasteiger partial charge is 0.366 e. The topological polar surface area (TPSA) is 103 Å². The van der Waals surface area contributed by atoms with Gasteiger partial charge >= 0.3 is 6.18 Å². The van der Waals surface area contributed by atoms with Gasteiger partial charge < -0.3 is 11.1 Å². The monoisotopic (exact) mass is 389 g/mol.